The zero-order valence-electron chi connectivity index (χ0n) is 8.83. The van der Waals surface area contributed by atoms with Gasteiger partial charge in [-0.25, -0.2) is 0 Å². The summed E-state index contributed by atoms with van der Waals surface area (Å²) in [4.78, 5) is 0. The maximum atomic E-state index is 5.87. The van der Waals surface area contributed by atoms with E-state index < -0.39 is 0 Å². The summed E-state index contributed by atoms with van der Waals surface area (Å²) in [6.07, 6.45) is 5.13. The molecule has 0 fully saturated rings. The van der Waals surface area contributed by atoms with Crippen molar-refractivity contribution >= 4 is 0 Å². The quantitative estimate of drug-likeness (QED) is 0.660. The monoisotopic (exact) mass is 190 g/mol. The highest BCUT2D eigenvalue weighted by atomic mass is 16.5. The summed E-state index contributed by atoms with van der Waals surface area (Å²) in [7, 11) is 0. The molecule has 1 nitrogen and oxygen atoms in total. The number of aryl methyl sites for hydroxylation is 1. The topological polar surface area (TPSA) is 9.23 Å². The molecule has 1 aromatic rings. The number of unbranched alkanes of at least 4 members (excludes halogenated alkanes) is 1. The first-order valence-corrected chi connectivity index (χ1v) is 5.61. The Kier molecular flexibility index (Phi) is 3.20. The van der Waals surface area contributed by atoms with Gasteiger partial charge in [-0.05, 0) is 30.4 Å². The van der Waals surface area contributed by atoms with Gasteiger partial charge < -0.3 is 4.74 Å². The molecule has 0 radical (unpaired) electrons. The van der Waals surface area contributed by atoms with Crippen molar-refractivity contribution in [2.75, 3.05) is 6.61 Å². The predicted octanol–water partition coefficient (Wildman–Crippen LogP) is 3.49. The fraction of sp³-hybridized carbons (Fsp3) is 0.538. The van der Waals surface area contributed by atoms with Gasteiger partial charge in [0.25, 0.3) is 0 Å². The van der Waals surface area contributed by atoms with Crippen LogP contribution in [0.3, 0.4) is 0 Å². The van der Waals surface area contributed by atoms with E-state index in [-0.39, 0.29) is 0 Å². The van der Waals surface area contributed by atoms with Crippen LogP contribution in [0, 0.1) is 0 Å². The second-order valence-electron chi connectivity index (χ2n) is 3.95. The zero-order valence-corrected chi connectivity index (χ0v) is 8.83. The lowest BCUT2D eigenvalue weighted by Gasteiger charge is -2.12. The van der Waals surface area contributed by atoms with Crippen molar-refractivity contribution in [3.05, 3.63) is 35.4 Å². The standard InChI is InChI=1S/C13H18O/c1-2-3-10-14-13-9-8-11-6-4-5-7-12(11)13/h4-7,13H,2-3,8-10H2,1H3. The SMILES string of the molecule is CCCCOC1CCc2ccccc21. The van der Waals surface area contributed by atoms with Gasteiger partial charge in [-0.2, -0.15) is 0 Å². The second kappa shape index (κ2) is 4.61. The summed E-state index contributed by atoms with van der Waals surface area (Å²) in [5.74, 6) is 0. The third kappa shape index (κ3) is 1.98. The molecule has 1 aliphatic carbocycles. The van der Waals surface area contributed by atoms with Gasteiger partial charge in [-0.15, -0.1) is 0 Å². The van der Waals surface area contributed by atoms with Crippen molar-refractivity contribution in [2.45, 2.75) is 38.7 Å². The molecule has 0 heterocycles. The lowest BCUT2D eigenvalue weighted by Crippen LogP contribution is -2.01. The Balaban J connectivity index is 1.96. The first-order chi connectivity index (χ1) is 6.92. The average Bonchev–Trinajstić information content (AvgIpc) is 2.63. The molecule has 1 atom stereocenters. The van der Waals surface area contributed by atoms with Gasteiger partial charge in [0, 0.05) is 6.61 Å². The summed E-state index contributed by atoms with van der Waals surface area (Å²) < 4.78 is 5.87. The molecule has 0 saturated heterocycles. The van der Waals surface area contributed by atoms with E-state index in [1.54, 1.807) is 0 Å². The summed E-state index contributed by atoms with van der Waals surface area (Å²) in [5, 5.41) is 0. The molecule has 14 heavy (non-hydrogen) atoms. The summed E-state index contributed by atoms with van der Waals surface area (Å²) in [6.45, 7) is 3.11. The van der Waals surface area contributed by atoms with Crippen molar-refractivity contribution < 1.29 is 4.74 Å². The van der Waals surface area contributed by atoms with E-state index in [4.69, 9.17) is 4.74 Å². The molecule has 2 rings (SSSR count). The van der Waals surface area contributed by atoms with Crippen LogP contribution in [0.4, 0.5) is 0 Å². The summed E-state index contributed by atoms with van der Waals surface area (Å²) >= 11 is 0. The average molecular weight is 190 g/mol. The molecule has 0 saturated carbocycles. The summed E-state index contributed by atoms with van der Waals surface area (Å²) in [6, 6.07) is 8.66. The zero-order chi connectivity index (χ0) is 9.80. The van der Waals surface area contributed by atoms with E-state index in [1.807, 2.05) is 0 Å². The van der Waals surface area contributed by atoms with E-state index in [0.29, 0.717) is 6.10 Å². The van der Waals surface area contributed by atoms with Crippen molar-refractivity contribution in [3.63, 3.8) is 0 Å². The Morgan fingerprint density at radius 2 is 2.21 bits per heavy atom. The second-order valence-corrected chi connectivity index (χ2v) is 3.95. The molecule has 1 heteroatoms. The number of hydrogen-bond acceptors (Lipinski definition) is 1. The van der Waals surface area contributed by atoms with Gasteiger partial charge in [-0.3, -0.25) is 0 Å². The Morgan fingerprint density at radius 3 is 3.07 bits per heavy atom. The minimum Gasteiger partial charge on any atom is -0.374 e. The van der Waals surface area contributed by atoms with Gasteiger partial charge in [-0.1, -0.05) is 37.6 Å². The summed E-state index contributed by atoms with van der Waals surface area (Å²) in [5.41, 5.74) is 2.90. The van der Waals surface area contributed by atoms with E-state index in [2.05, 4.69) is 31.2 Å². The van der Waals surface area contributed by atoms with Crippen LogP contribution in [0.15, 0.2) is 24.3 Å². The van der Waals surface area contributed by atoms with E-state index in [0.717, 1.165) is 6.61 Å². The van der Waals surface area contributed by atoms with Crippen molar-refractivity contribution in [1.82, 2.24) is 0 Å². The molecule has 1 aliphatic rings. The third-order valence-electron chi connectivity index (χ3n) is 2.89. The Morgan fingerprint density at radius 1 is 1.36 bits per heavy atom. The smallest absolute Gasteiger partial charge is 0.0830 e. The third-order valence-corrected chi connectivity index (χ3v) is 2.89. The largest absolute Gasteiger partial charge is 0.374 e. The molecule has 0 amide bonds. The van der Waals surface area contributed by atoms with Gasteiger partial charge in [0.05, 0.1) is 6.10 Å². The number of rotatable bonds is 4. The predicted molar refractivity (Wildman–Crippen MR) is 58.4 cm³/mol. The number of fused-ring (bicyclic) bond motifs is 1. The van der Waals surface area contributed by atoms with Gasteiger partial charge >= 0.3 is 0 Å². The molecule has 0 aromatic heterocycles. The Hall–Kier alpha value is -0.820. The highest BCUT2D eigenvalue weighted by Crippen LogP contribution is 2.33. The van der Waals surface area contributed by atoms with Crippen LogP contribution in [0.5, 0.6) is 0 Å². The van der Waals surface area contributed by atoms with Gasteiger partial charge in [0.2, 0.25) is 0 Å². The Bertz CT molecular complexity index is 293. The van der Waals surface area contributed by atoms with Crippen molar-refractivity contribution in [1.29, 1.82) is 0 Å². The van der Waals surface area contributed by atoms with Crippen molar-refractivity contribution in [2.24, 2.45) is 0 Å². The van der Waals surface area contributed by atoms with Crippen LogP contribution in [0.25, 0.3) is 0 Å². The molecule has 76 valence electrons. The highest BCUT2D eigenvalue weighted by Gasteiger charge is 2.21. The van der Waals surface area contributed by atoms with E-state index in [1.165, 1.54) is 36.8 Å². The molecule has 1 unspecified atom stereocenters. The molecule has 0 bridgehead atoms. The van der Waals surface area contributed by atoms with Crippen LogP contribution < -0.4 is 0 Å². The minimum atomic E-state index is 0.373. The number of ether oxygens (including phenoxy) is 1. The first-order valence-electron chi connectivity index (χ1n) is 5.61. The molecule has 0 N–H and O–H groups in total. The van der Waals surface area contributed by atoms with Crippen LogP contribution in [0.2, 0.25) is 0 Å². The van der Waals surface area contributed by atoms with E-state index >= 15 is 0 Å². The first kappa shape index (κ1) is 9.72. The van der Waals surface area contributed by atoms with Crippen LogP contribution in [0.1, 0.15) is 43.4 Å². The maximum Gasteiger partial charge on any atom is 0.0830 e. The molecular weight excluding hydrogens is 172 g/mol. The highest BCUT2D eigenvalue weighted by molar-refractivity contribution is 5.33. The van der Waals surface area contributed by atoms with Crippen LogP contribution in [-0.2, 0) is 11.2 Å². The number of hydrogen-bond donors (Lipinski definition) is 0. The van der Waals surface area contributed by atoms with Crippen molar-refractivity contribution in [3.8, 4) is 0 Å². The van der Waals surface area contributed by atoms with Crippen LogP contribution >= 0.6 is 0 Å². The fourth-order valence-electron chi connectivity index (χ4n) is 2.06. The van der Waals surface area contributed by atoms with Gasteiger partial charge in [0.15, 0.2) is 0 Å². The van der Waals surface area contributed by atoms with Crippen LogP contribution in [-0.4, -0.2) is 6.61 Å². The minimum absolute atomic E-state index is 0.373. The molecule has 0 spiro atoms. The van der Waals surface area contributed by atoms with Gasteiger partial charge in [0.1, 0.15) is 0 Å². The van der Waals surface area contributed by atoms with E-state index in [9.17, 15) is 0 Å². The normalized spacial score (nSPS) is 19.6. The molecule has 0 aliphatic heterocycles. The number of benzene rings is 1. The molecular formula is C13H18O. The Labute approximate surface area is 86.1 Å². The maximum absolute atomic E-state index is 5.87. The lowest BCUT2D eigenvalue weighted by atomic mass is 10.1. The fourth-order valence-corrected chi connectivity index (χ4v) is 2.06. The lowest BCUT2D eigenvalue weighted by molar-refractivity contribution is 0.0521. The molecule has 1 aromatic carbocycles.